The van der Waals surface area contributed by atoms with Crippen molar-refractivity contribution >= 4 is 0 Å². The standard InChI is InChI=1S/C17H26O3/c1-13-6-4-5-7-15(13)20-11-10-14-8-9-16(18-2)17(12-14)19-3/h8-9,12-13,15H,4-7,10-11H2,1-3H3. The van der Waals surface area contributed by atoms with E-state index in [0.29, 0.717) is 12.0 Å². The van der Waals surface area contributed by atoms with Crippen molar-refractivity contribution in [3.63, 3.8) is 0 Å². The maximum absolute atomic E-state index is 6.06. The summed E-state index contributed by atoms with van der Waals surface area (Å²) in [6.45, 7) is 3.09. The molecule has 3 heteroatoms. The van der Waals surface area contributed by atoms with Gasteiger partial charge in [0.2, 0.25) is 0 Å². The molecule has 20 heavy (non-hydrogen) atoms. The van der Waals surface area contributed by atoms with E-state index in [1.807, 2.05) is 12.1 Å². The molecule has 1 aliphatic rings. The fraction of sp³-hybridized carbons (Fsp3) is 0.647. The van der Waals surface area contributed by atoms with Crippen LogP contribution in [0.25, 0.3) is 0 Å². The number of hydrogen-bond donors (Lipinski definition) is 0. The van der Waals surface area contributed by atoms with Crippen molar-refractivity contribution in [2.75, 3.05) is 20.8 Å². The first-order valence-corrected chi connectivity index (χ1v) is 7.57. The van der Waals surface area contributed by atoms with Crippen LogP contribution in [0.4, 0.5) is 0 Å². The summed E-state index contributed by atoms with van der Waals surface area (Å²) >= 11 is 0. The summed E-state index contributed by atoms with van der Waals surface area (Å²) in [6, 6.07) is 6.07. The Morgan fingerprint density at radius 1 is 1.05 bits per heavy atom. The van der Waals surface area contributed by atoms with E-state index in [2.05, 4.69) is 13.0 Å². The minimum absolute atomic E-state index is 0.448. The molecule has 3 nitrogen and oxygen atoms in total. The molecule has 0 N–H and O–H groups in total. The lowest BCUT2D eigenvalue weighted by atomic mass is 9.88. The third-order valence-corrected chi connectivity index (χ3v) is 4.20. The molecule has 0 saturated heterocycles. The Morgan fingerprint density at radius 3 is 2.50 bits per heavy atom. The summed E-state index contributed by atoms with van der Waals surface area (Å²) in [5.41, 5.74) is 1.23. The first-order chi connectivity index (χ1) is 9.74. The second-order valence-corrected chi connectivity index (χ2v) is 5.61. The summed E-state index contributed by atoms with van der Waals surface area (Å²) in [6.07, 6.45) is 6.56. The maximum atomic E-state index is 6.06. The van der Waals surface area contributed by atoms with Gasteiger partial charge in [-0.1, -0.05) is 25.8 Å². The SMILES string of the molecule is COc1ccc(CCOC2CCCCC2C)cc1OC. The van der Waals surface area contributed by atoms with Gasteiger partial charge in [0.1, 0.15) is 0 Å². The Morgan fingerprint density at radius 2 is 1.80 bits per heavy atom. The smallest absolute Gasteiger partial charge is 0.160 e. The number of methoxy groups -OCH3 is 2. The van der Waals surface area contributed by atoms with Crippen LogP contribution in [-0.2, 0) is 11.2 Å². The highest BCUT2D eigenvalue weighted by atomic mass is 16.5. The van der Waals surface area contributed by atoms with Crippen LogP contribution in [0, 0.1) is 5.92 Å². The predicted octanol–water partition coefficient (Wildman–Crippen LogP) is 3.84. The maximum Gasteiger partial charge on any atom is 0.160 e. The van der Waals surface area contributed by atoms with E-state index in [9.17, 15) is 0 Å². The molecule has 0 radical (unpaired) electrons. The molecule has 112 valence electrons. The molecule has 1 saturated carbocycles. The van der Waals surface area contributed by atoms with Gasteiger partial charge in [0.15, 0.2) is 11.5 Å². The van der Waals surface area contributed by atoms with Gasteiger partial charge in [0.25, 0.3) is 0 Å². The van der Waals surface area contributed by atoms with Gasteiger partial charge >= 0.3 is 0 Å². The van der Waals surface area contributed by atoms with Gasteiger partial charge in [-0.3, -0.25) is 0 Å². The molecule has 2 unspecified atom stereocenters. The monoisotopic (exact) mass is 278 g/mol. The van der Waals surface area contributed by atoms with Gasteiger partial charge in [-0.05, 0) is 42.9 Å². The van der Waals surface area contributed by atoms with Gasteiger partial charge in [-0.15, -0.1) is 0 Å². The van der Waals surface area contributed by atoms with Crippen LogP contribution in [0.2, 0.25) is 0 Å². The summed E-state index contributed by atoms with van der Waals surface area (Å²) in [7, 11) is 3.33. The summed E-state index contributed by atoms with van der Waals surface area (Å²) in [5.74, 6) is 2.27. The van der Waals surface area contributed by atoms with E-state index in [-0.39, 0.29) is 0 Å². The first-order valence-electron chi connectivity index (χ1n) is 7.57. The molecule has 2 atom stereocenters. The van der Waals surface area contributed by atoms with E-state index in [4.69, 9.17) is 14.2 Å². The van der Waals surface area contributed by atoms with Crippen molar-refractivity contribution in [1.29, 1.82) is 0 Å². The molecule has 0 aliphatic heterocycles. The third kappa shape index (κ3) is 3.89. The molecule has 0 aromatic heterocycles. The van der Waals surface area contributed by atoms with E-state index in [0.717, 1.165) is 24.5 Å². The van der Waals surface area contributed by atoms with Crippen LogP contribution in [0.1, 0.15) is 38.2 Å². The average molecular weight is 278 g/mol. The van der Waals surface area contributed by atoms with Gasteiger partial charge in [0.05, 0.1) is 26.9 Å². The molecule has 0 amide bonds. The minimum Gasteiger partial charge on any atom is -0.493 e. The number of rotatable bonds is 6. The number of benzene rings is 1. The Labute approximate surface area is 122 Å². The Hall–Kier alpha value is -1.22. The van der Waals surface area contributed by atoms with E-state index < -0.39 is 0 Å². The van der Waals surface area contributed by atoms with Crippen LogP contribution in [0.3, 0.4) is 0 Å². The number of hydrogen-bond acceptors (Lipinski definition) is 3. The second kappa shape index (κ2) is 7.53. The lowest BCUT2D eigenvalue weighted by molar-refractivity contribution is -0.00334. The summed E-state index contributed by atoms with van der Waals surface area (Å²) in [4.78, 5) is 0. The zero-order chi connectivity index (χ0) is 14.4. The fourth-order valence-corrected chi connectivity index (χ4v) is 2.89. The zero-order valence-corrected chi connectivity index (χ0v) is 12.9. The summed E-state index contributed by atoms with van der Waals surface area (Å²) < 4.78 is 16.6. The highest BCUT2D eigenvalue weighted by Gasteiger charge is 2.21. The van der Waals surface area contributed by atoms with Crippen molar-refractivity contribution < 1.29 is 14.2 Å². The van der Waals surface area contributed by atoms with Crippen molar-refractivity contribution in [2.45, 2.75) is 45.1 Å². The number of ether oxygens (including phenoxy) is 3. The molecule has 1 aliphatic carbocycles. The van der Waals surface area contributed by atoms with Crippen molar-refractivity contribution in [1.82, 2.24) is 0 Å². The van der Waals surface area contributed by atoms with Crippen molar-refractivity contribution in [2.24, 2.45) is 5.92 Å². The lowest BCUT2D eigenvalue weighted by Crippen LogP contribution is -2.26. The topological polar surface area (TPSA) is 27.7 Å². The first kappa shape index (κ1) is 15.2. The van der Waals surface area contributed by atoms with Gasteiger partial charge in [-0.2, -0.15) is 0 Å². The largest absolute Gasteiger partial charge is 0.493 e. The van der Waals surface area contributed by atoms with Gasteiger partial charge in [0, 0.05) is 0 Å². The fourth-order valence-electron chi connectivity index (χ4n) is 2.89. The lowest BCUT2D eigenvalue weighted by Gasteiger charge is -2.28. The second-order valence-electron chi connectivity index (χ2n) is 5.61. The molecule has 1 aromatic rings. The van der Waals surface area contributed by atoms with E-state index >= 15 is 0 Å². The van der Waals surface area contributed by atoms with Crippen molar-refractivity contribution in [3.8, 4) is 11.5 Å². The molecule has 2 rings (SSSR count). The van der Waals surface area contributed by atoms with Gasteiger partial charge in [-0.25, -0.2) is 0 Å². The quantitative estimate of drug-likeness (QED) is 0.791. The van der Waals surface area contributed by atoms with Crippen LogP contribution in [0.5, 0.6) is 11.5 Å². The molecule has 1 aromatic carbocycles. The Bertz CT molecular complexity index is 417. The van der Waals surface area contributed by atoms with Crippen LogP contribution < -0.4 is 9.47 Å². The van der Waals surface area contributed by atoms with Gasteiger partial charge < -0.3 is 14.2 Å². The third-order valence-electron chi connectivity index (χ3n) is 4.20. The molecule has 0 bridgehead atoms. The van der Waals surface area contributed by atoms with Crippen molar-refractivity contribution in [3.05, 3.63) is 23.8 Å². The predicted molar refractivity (Wildman–Crippen MR) is 80.6 cm³/mol. The Kier molecular flexibility index (Phi) is 5.72. The molecular weight excluding hydrogens is 252 g/mol. The van der Waals surface area contributed by atoms with E-state index in [1.54, 1.807) is 14.2 Å². The molecule has 0 heterocycles. The van der Waals surface area contributed by atoms with Crippen LogP contribution >= 0.6 is 0 Å². The van der Waals surface area contributed by atoms with Crippen LogP contribution in [0.15, 0.2) is 18.2 Å². The summed E-state index contributed by atoms with van der Waals surface area (Å²) in [5, 5.41) is 0. The Balaban J connectivity index is 1.84. The zero-order valence-electron chi connectivity index (χ0n) is 12.9. The average Bonchev–Trinajstić information content (AvgIpc) is 2.49. The molecule has 0 spiro atoms. The highest BCUT2D eigenvalue weighted by molar-refractivity contribution is 5.42. The van der Waals surface area contributed by atoms with E-state index in [1.165, 1.54) is 31.2 Å². The molecule has 1 fully saturated rings. The minimum atomic E-state index is 0.448. The highest BCUT2D eigenvalue weighted by Crippen LogP contribution is 2.29. The normalized spacial score (nSPS) is 22.6. The van der Waals surface area contributed by atoms with Crippen LogP contribution in [-0.4, -0.2) is 26.9 Å². The molecular formula is C17H26O3.